The Morgan fingerprint density at radius 3 is 2.39 bits per heavy atom. The van der Waals surface area contributed by atoms with E-state index in [9.17, 15) is 9.18 Å². The number of hydrogen-bond acceptors (Lipinski definition) is 5. The third-order valence-electron chi connectivity index (χ3n) is 4.66. The summed E-state index contributed by atoms with van der Waals surface area (Å²) >= 11 is 0. The molecule has 31 heavy (non-hydrogen) atoms. The Kier molecular flexibility index (Phi) is 7.32. The van der Waals surface area contributed by atoms with Gasteiger partial charge < -0.3 is 15.5 Å². The molecule has 1 amide bonds. The summed E-state index contributed by atoms with van der Waals surface area (Å²) in [7, 11) is 0. The zero-order chi connectivity index (χ0) is 22.2. The molecule has 0 saturated heterocycles. The molecule has 0 aliphatic carbocycles. The number of nitrogens with one attached hydrogen (secondary N) is 2. The van der Waals surface area contributed by atoms with Crippen LogP contribution in [0.2, 0.25) is 0 Å². The first-order valence-electron chi connectivity index (χ1n) is 10.2. The molecule has 0 atom stereocenters. The normalized spacial score (nSPS) is 10.8. The van der Waals surface area contributed by atoms with Gasteiger partial charge in [-0.05, 0) is 57.2 Å². The molecule has 0 saturated carbocycles. The molecule has 3 aromatic rings. The van der Waals surface area contributed by atoms with Gasteiger partial charge in [-0.25, -0.2) is 14.4 Å². The maximum absolute atomic E-state index is 13.6. The molecule has 3 rings (SSSR count). The van der Waals surface area contributed by atoms with Crippen LogP contribution in [-0.4, -0.2) is 29.0 Å². The Balaban J connectivity index is 1.64. The van der Waals surface area contributed by atoms with Gasteiger partial charge in [0.25, 0.3) is 0 Å². The van der Waals surface area contributed by atoms with Gasteiger partial charge in [0.2, 0.25) is 5.91 Å². The Labute approximate surface area is 181 Å². The quantitative estimate of drug-likeness (QED) is 0.493. The Morgan fingerprint density at radius 2 is 1.71 bits per heavy atom. The minimum Gasteiger partial charge on any atom is -0.357 e. The van der Waals surface area contributed by atoms with Crippen molar-refractivity contribution in [1.82, 2.24) is 9.97 Å². The highest BCUT2D eigenvalue weighted by atomic mass is 19.1. The van der Waals surface area contributed by atoms with E-state index in [1.54, 1.807) is 30.3 Å². The predicted octanol–water partition coefficient (Wildman–Crippen LogP) is 5.17. The molecule has 1 aromatic heterocycles. The number of aromatic nitrogens is 2. The fourth-order valence-electron chi connectivity index (χ4n) is 3.07. The van der Waals surface area contributed by atoms with Crippen molar-refractivity contribution in [3.05, 3.63) is 77.9 Å². The first-order chi connectivity index (χ1) is 15.0. The summed E-state index contributed by atoms with van der Waals surface area (Å²) in [6.45, 7) is 7.78. The lowest BCUT2D eigenvalue weighted by molar-refractivity contribution is -0.111. The van der Waals surface area contributed by atoms with Gasteiger partial charge in [-0.3, -0.25) is 4.79 Å². The standard InChI is InChI=1S/C24H26FN5O/c1-4-30(5-2)23-16-22(26-17(3)27-23)28-19-11-13-20(14-12-19)29-24(31)15-10-18-8-6-7-9-21(18)25/h6-16H,4-5H2,1-3H3,(H,29,31)(H,26,27,28)/b15-10+. The number of nitrogens with zero attached hydrogens (tertiary/aromatic N) is 3. The van der Waals surface area contributed by atoms with Crippen LogP contribution in [0.1, 0.15) is 25.2 Å². The molecule has 0 bridgehead atoms. The minimum atomic E-state index is -0.369. The average molecular weight is 420 g/mol. The summed E-state index contributed by atoms with van der Waals surface area (Å²) in [6.07, 6.45) is 2.76. The molecule has 7 heteroatoms. The van der Waals surface area contributed by atoms with Crippen LogP contribution in [0.15, 0.2) is 60.7 Å². The zero-order valence-corrected chi connectivity index (χ0v) is 17.9. The van der Waals surface area contributed by atoms with E-state index in [0.29, 0.717) is 22.9 Å². The van der Waals surface area contributed by atoms with Crippen molar-refractivity contribution in [2.75, 3.05) is 28.6 Å². The number of amides is 1. The molecule has 1 heterocycles. The zero-order valence-electron chi connectivity index (χ0n) is 17.9. The summed E-state index contributed by atoms with van der Waals surface area (Å²) in [5, 5.41) is 6.04. The molecular formula is C24H26FN5O. The first kappa shape index (κ1) is 22.0. The molecule has 6 nitrogen and oxygen atoms in total. The fraction of sp³-hybridized carbons (Fsp3) is 0.208. The van der Waals surface area contributed by atoms with Crippen molar-refractivity contribution in [2.45, 2.75) is 20.8 Å². The highest BCUT2D eigenvalue weighted by molar-refractivity contribution is 6.02. The van der Waals surface area contributed by atoms with Crippen molar-refractivity contribution in [1.29, 1.82) is 0 Å². The number of halogens is 1. The van der Waals surface area contributed by atoms with Gasteiger partial charge >= 0.3 is 0 Å². The van der Waals surface area contributed by atoms with Crippen LogP contribution >= 0.6 is 0 Å². The number of anilines is 4. The third kappa shape index (κ3) is 6.12. The van der Waals surface area contributed by atoms with Gasteiger partial charge in [-0.15, -0.1) is 0 Å². The number of carbonyl (C=O) groups excluding carboxylic acids is 1. The number of rotatable bonds is 8. The smallest absolute Gasteiger partial charge is 0.248 e. The molecule has 160 valence electrons. The number of hydrogen-bond donors (Lipinski definition) is 2. The van der Waals surface area contributed by atoms with Gasteiger partial charge in [0.05, 0.1) is 0 Å². The van der Waals surface area contributed by atoms with E-state index in [4.69, 9.17) is 0 Å². The Morgan fingerprint density at radius 1 is 1.03 bits per heavy atom. The van der Waals surface area contributed by atoms with E-state index in [-0.39, 0.29) is 11.7 Å². The molecule has 0 fully saturated rings. The van der Waals surface area contributed by atoms with Crippen molar-refractivity contribution < 1.29 is 9.18 Å². The summed E-state index contributed by atoms with van der Waals surface area (Å²) in [5.41, 5.74) is 1.83. The van der Waals surface area contributed by atoms with Crippen LogP contribution in [0.3, 0.4) is 0 Å². The maximum atomic E-state index is 13.6. The summed E-state index contributed by atoms with van der Waals surface area (Å²) < 4.78 is 13.6. The SMILES string of the molecule is CCN(CC)c1cc(Nc2ccc(NC(=O)/C=C/c3ccccc3F)cc2)nc(C)n1. The molecule has 0 aliphatic rings. The van der Waals surface area contributed by atoms with Crippen LogP contribution in [0.5, 0.6) is 0 Å². The molecule has 2 N–H and O–H groups in total. The second kappa shape index (κ2) is 10.3. The van der Waals surface area contributed by atoms with E-state index in [1.165, 1.54) is 18.2 Å². The van der Waals surface area contributed by atoms with Crippen LogP contribution in [0.4, 0.5) is 27.4 Å². The summed E-state index contributed by atoms with van der Waals surface area (Å²) in [5.74, 6) is 1.58. The Bertz CT molecular complexity index is 1060. The highest BCUT2D eigenvalue weighted by Gasteiger charge is 2.08. The van der Waals surface area contributed by atoms with E-state index in [1.807, 2.05) is 25.1 Å². The van der Waals surface area contributed by atoms with Gasteiger partial charge in [0, 0.05) is 42.2 Å². The predicted molar refractivity (Wildman–Crippen MR) is 124 cm³/mol. The van der Waals surface area contributed by atoms with E-state index in [2.05, 4.69) is 39.3 Å². The monoisotopic (exact) mass is 419 g/mol. The molecule has 0 aliphatic heterocycles. The lowest BCUT2D eigenvalue weighted by Crippen LogP contribution is -2.23. The van der Waals surface area contributed by atoms with Crippen molar-refractivity contribution >= 4 is 35.0 Å². The molecular weight excluding hydrogens is 393 g/mol. The average Bonchev–Trinajstić information content (AvgIpc) is 2.75. The number of aryl methyl sites for hydroxylation is 1. The van der Waals surface area contributed by atoms with Gasteiger partial charge in [0.15, 0.2) is 0 Å². The van der Waals surface area contributed by atoms with Gasteiger partial charge in [0.1, 0.15) is 23.3 Å². The van der Waals surface area contributed by atoms with Crippen molar-refractivity contribution in [2.24, 2.45) is 0 Å². The van der Waals surface area contributed by atoms with Crippen molar-refractivity contribution in [3.8, 4) is 0 Å². The lowest BCUT2D eigenvalue weighted by Gasteiger charge is -2.20. The first-order valence-corrected chi connectivity index (χ1v) is 10.2. The fourth-order valence-corrected chi connectivity index (χ4v) is 3.07. The van der Waals surface area contributed by atoms with Gasteiger partial charge in [-0.1, -0.05) is 18.2 Å². The van der Waals surface area contributed by atoms with E-state index >= 15 is 0 Å². The summed E-state index contributed by atoms with van der Waals surface area (Å²) in [4.78, 5) is 23.2. The largest absolute Gasteiger partial charge is 0.357 e. The lowest BCUT2D eigenvalue weighted by atomic mass is 10.2. The minimum absolute atomic E-state index is 0.334. The van der Waals surface area contributed by atoms with Crippen LogP contribution in [-0.2, 0) is 4.79 Å². The van der Waals surface area contributed by atoms with Crippen LogP contribution in [0, 0.1) is 12.7 Å². The maximum Gasteiger partial charge on any atom is 0.248 e. The third-order valence-corrected chi connectivity index (χ3v) is 4.66. The van der Waals surface area contributed by atoms with E-state index in [0.717, 1.165) is 24.6 Å². The molecule has 2 aromatic carbocycles. The van der Waals surface area contributed by atoms with Gasteiger partial charge in [-0.2, -0.15) is 0 Å². The molecule has 0 radical (unpaired) electrons. The number of carbonyl (C=O) groups is 1. The van der Waals surface area contributed by atoms with Crippen LogP contribution < -0.4 is 15.5 Å². The second-order valence-electron chi connectivity index (χ2n) is 6.88. The topological polar surface area (TPSA) is 70.2 Å². The molecule has 0 spiro atoms. The highest BCUT2D eigenvalue weighted by Crippen LogP contribution is 2.21. The van der Waals surface area contributed by atoms with Crippen molar-refractivity contribution in [3.63, 3.8) is 0 Å². The Hall–Kier alpha value is -3.74. The summed E-state index contributed by atoms with van der Waals surface area (Å²) in [6, 6.07) is 15.5. The van der Waals surface area contributed by atoms with Crippen LogP contribution in [0.25, 0.3) is 6.08 Å². The number of benzene rings is 2. The second-order valence-corrected chi connectivity index (χ2v) is 6.88. The van der Waals surface area contributed by atoms with E-state index < -0.39 is 0 Å². The molecule has 0 unspecified atom stereocenters.